The molecule has 3 rings (SSSR count). The zero-order valence-corrected chi connectivity index (χ0v) is 14.7. The van der Waals surface area contributed by atoms with Crippen molar-refractivity contribution in [1.82, 2.24) is 14.9 Å². The van der Waals surface area contributed by atoms with Gasteiger partial charge in [-0.2, -0.15) is 0 Å². The van der Waals surface area contributed by atoms with Gasteiger partial charge in [-0.3, -0.25) is 4.79 Å². The highest BCUT2D eigenvalue weighted by Gasteiger charge is 2.22. The van der Waals surface area contributed by atoms with Crippen LogP contribution in [-0.4, -0.2) is 53.6 Å². The number of amides is 1. The van der Waals surface area contributed by atoms with Crippen molar-refractivity contribution in [3.05, 3.63) is 47.7 Å². The average Bonchev–Trinajstić information content (AvgIpc) is 2.67. The lowest BCUT2D eigenvalue weighted by Crippen LogP contribution is -2.49. The van der Waals surface area contributed by atoms with Crippen LogP contribution in [0.1, 0.15) is 12.8 Å². The normalized spacial score (nSPS) is 14.4. The average molecular weight is 361 g/mol. The summed E-state index contributed by atoms with van der Waals surface area (Å²) < 4.78 is 5.62. The fraction of sp³-hybridized carbons (Fsp3) is 0.389. The highest BCUT2D eigenvalue weighted by atomic mass is 35.5. The molecule has 0 bridgehead atoms. The van der Waals surface area contributed by atoms with Crippen molar-refractivity contribution in [3.63, 3.8) is 0 Å². The van der Waals surface area contributed by atoms with Crippen LogP contribution < -0.4 is 9.64 Å². The number of ether oxygens (including phenoxy) is 1. The Hall–Kier alpha value is -2.34. The Balaban J connectivity index is 1.37. The fourth-order valence-electron chi connectivity index (χ4n) is 2.74. The second-order valence-electron chi connectivity index (χ2n) is 5.80. The van der Waals surface area contributed by atoms with Crippen LogP contribution in [0.15, 0.2) is 42.7 Å². The van der Waals surface area contributed by atoms with Crippen LogP contribution >= 0.6 is 11.6 Å². The first-order valence-corrected chi connectivity index (χ1v) is 8.79. The van der Waals surface area contributed by atoms with Crippen LogP contribution in [0.3, 0.4) is 0 Å². The molecule has 1 aliphatic rings. The molecule has 2 aromatic rings. The van der Waals surface area contributed by atoms with Gasteiger partial charge in [-0.05, 0) is 24.6 Å². The Morgan fingerprint density at radius 1 is 1.08 bits per heavy atom. The summed E-state index contributed by atoms with van der Waals surface area (Å²) in [7, 11) is 0. The molecule has 1 aromatic heterocycles. The Kier molecular flexibility index (Phi) is 6.06. The zero-order valence-electron chi connectivity index (χ0n) is 14.0. The van der Waals surface area contributed by atoms with Crippen molar-refractivity contribution in [2.45, 2.75) is 12.8 Å². The number of rotatable bonds is 6. The minimum absolute atomic E-state index is 0.163. The molecule has 0 radical (unpaired) electrons. The lowest BCUT2D eigenvalue weighted by molar-refractivity contribution is -0.131. The second-order valence-corrected chi connectivity index (χ2v) is 6.21. The van der Waals surface area contributed by atoms with Gasteiger partial charge in [0.15, 0.2) is 0 Å². The van der Waals surface area contributed by atoms with Crippen LogP contribution in [0.4, 0.5) is 5.95 Å². The summed E-state index contributed by atoms with van der Waals surface area (Å²) in [5.74, 6) is 1.55. The van der Waals surface area contributed by atoms with Gasteiger partial charge < -0.3 is 14.5 Å². The van der Waals surface area contributed by atoms with Gasteiger partial charge in [-0.15, -0.1) is 0 Å². The van der Waals surface area contributed by atoms with E-state index < -0.39 is 0 Å². The molecule has 0 unspecified atom stereocenters. The topological polar surface area (TPSA) is 58.6 Å². The molecule has 0 saturated carbocycles. The van der Waals surface area contributed by atoms with Crippen molar-refractivity contribution < 1.29 is 9.53 Å². The van der Waals surface area contributed by atoms with Crippen LogP contribution in [0.2, 0.25) is 5.02 Å². The van der Waals surface area contributed by atoms with Gasteiger partial charge in [0.05, 0.1) is 11.6 Å². The number of carbonyl (C=O) groups is 1. The Labute approximate surface area is 152 Å². The number of hydrogen-bond acceptors (Lipinski definition) is 5. The van der Waals surface area contributed by atoms with Crippen LogP contribution in [0.5, 0.6) is 5.75 Å². The number of halogens is 1. The highest BCUT2D eigenvalue weighted by molar-refractivity contribution is 6.32. The summed E-state index contributed by atoms with van der Waals surface area (Å²) in [5, 5.41) is 0.591. The number of nitrogens with zero attached hydrogens (tertiary/aromatic N) is 4. The van der Waals surface area contributed by atoms with Gasteiger partial charge in [0.1, 0.15) is 5.75 Å². The third-order valence-electron chi connectivity index (χ3n) is 4.10. The number of para-hydroxylation sites is 1. The van der Waals surface area contributed by atoms with E-state index in [9.17, 15) is 4.79 Å². The largest absolute Gasteiger partial charge is 0.492 e. The van der Waals surface area contributed by atoms with Crippen molar-refractivity contribution in [2.24, 2.45) is 0 Å². The van der Waals surface area contributed by atoms with E-state index in [4.69, 9.17) is 16.3 Å². The van der Waals surface area contributed by atoms with Crippen molar-refractivity contribution in [2.75, 3.05) is 37.7 Å². The van der Waals surface area contributed by atoms with Gasteiger partial charge in [0, 0.05) is 45.0 Å². The maximum atomic E-state index is 12.3. The number of carbonyl (C=O) groups excluding carboxylic acids is 1. The molecule has 0 aliphatic carbocycles. The predicted octanol–water partition coefficient (Wildman–Crippen LogP) is 2.64. The van der Waals surface area contributed by atoms with E-state index in [1.807, 2.05) is 23.1 Å². The van der Waals surface area contributed by atoms with Gasteiger partial charge in [0.25, 0.3) is 0 Å². The number of aromatic nitrogens is 2. The maximum Gasteiger partial charge on any atom is 0.225 e. The minimum atomic E-state index is 0.163. The van der Waals surface area contributed by atoms with Crippen LogP contribution in [0, 0.1) is 0 Å². The van der Waals surface area contributed by atoms with E-state index in [1.165, 1.54) is 0 Å². The SMILES string of the molecule is O=C(CCCOc1ccccc1Cl)N1CCN(c2ncccn2)CC1. The Bertz CT molecular complexity index is 690. The first kappa shape index (κ1) is 17.5. The van der Waals surface area contributed by atoms with E-state index in [2.05, 4.69) is 14.9 Å². The smallest absolute Gasteiger partial charge is 0.225 e. The second kappa shape index (κ2) is 8.67. The quantitative estimate of drug-likeness (QED) is 0.741. The summed E-state index contributed by atoms with van der Waals surface area (Å²) in [6, 6.07) is 9.15. The van der Waals surface area contributed by atoms with Crippen molar-refractivity contribution in [1.29, 1.82) is 0 Å². The molecule has 132 valence electrons. The Morgan fingerprint density at radius 3 is 2.52 bits per heavy atom. The molecule has 0 spiro atoms. The monoisotopic (exact) mass is 360 g/mol. The molecule has 2 heterocycles. The summed E-state index contributed by atoms with van der Waals surface area (Å²) >= 11 is 6.04. The predicted molar refractivity (Wildman–Crippen MR) is 97.0 cm³/mol. The van der Waals surface area contributed by atoms with Crippen molar-refractivity contribution in [3.8, 4) is 5.75 Å². The molecule has 1 aromatic carbocycles. The van der Waals surface area contributed by atoms with Gasteiger partial charge >= 0.3 is 0 Å². The minimum Gasteiger partial charge on any atom is -0.492 e. The lowest BCUT2D eigenvalue weighted by Gasteiger charge is -2.34. The number of benzene rings is 1. The summed E-state index contributed by atoms with van der Waals surface area (Å²) in [4.78, 5) is 24.8. The molecule has 0 N–H and O–H groups in total. The van der Waals surface area contributed by atoms with E-state index >= 15 is 0 Å². The van der Waals surface area contributed by atoms with E-state index in [0.29, 0.717) is 43.3 Å². The standard InChI is InChI=1S/C18H21ClN4O2/c19-15-5-1-2-6-16(15)25-14-3-7-17(24)22-10-12-23(13-11-22)18-20-8-4-9-21-18/h1-2,4-6,8-9H,3,7,10-14H2. The number of anilines is 1. The molecule has 6 nitrogen and oxygen atoms in total. The molecular formula is C18H21ClN4O2. The molecule has 7 heteroatoms. The lowest BCUT2D eigenvalue weighted by atomic mass is 10.2. The summed E-state index contributed by atoms with van der Waals surface area (Å²) in [6.45, 7) is 3.38. The fourth-order valence-corrected chi connectivity index (χ4v) is 2.93. The highest BCUT2D eigenvalue weighted by Crippen LogP contribution is 2.23. The number of piperazine rings is 1. The maximum absolute atomic E-state index is 12.3. The first-order chi connectivity index (χ1) is 12.2. The first-order valence-electron chi connectivity index (χ1n) is 8.41. The van der Waals surface area contributed by atoms with Crippen LogP contribution in [0.25, 0.3) is 0 Å². The van der Waals surface area contributed by atoms with Crippen LogP contribution in [-0.2, 0) is 4.79 Å². The van der Waals surface area contributed by atoms with Gasteiger partial charge in [0.2, 0.25) is 11.9 Å². The molecule has 1 fully saturated rings. The van der Waals surface area contributed by atoms with Gasteiger partial charge in [-0.25, -0.2) is 9.97 Å². The molecular weight excluding hydrogens is 340 g/mol. The molecule has 1 aliphatic heterocycles. The van der Waals surface area contributed by atoms with E-state index in [1.54, 1.807) is 24.5 Å². The van der Waals surface area contributed by atoms with Gasteiger partial charge in [-0.1, -0.05) is 23.7 Å². The third kappa shape index (κ3) is 4.82. The van der Waals surface area contributed by atoms with E-state index in [0.717, 1.165) is 19.0 Å². The zero-order chi connectivity index (χ0) is 17.5. The molecule has 0 atom stereocenters. The molecule has 1 amide bonds. The number of hydrogen-bond donors (Lipinski definition) is 0. The molecule has 1 saturated heterocycles. The summed E-state index contributed by atoms with van der Waals surface area (Å²) in [5.41, 5.74) is 0. The van der Waals surface area contributed by atoms with E-state index in [-0.39, 0.29) is 5.91 Å². The third-order valence-corrected chi connectivity index (χ3v) is 4.41. The Morgan fingerprint density at radius 2 is 1.80 bits per heavy atom. The van der Waals surface area contributed by atoms with Crippen molar-refractivity contribution >= 4 is 23.5 Å². The molecule has 25 heavy (non-hydrogen) atoms. The summed E-state index contributed by atoms with van der Waals surface area (Å²) in [6.07, 6.45) is 4.62.